The zero-order valence-electron chi connectivity index (χ0n) is 8.16. The lowest BCUT2D eigenvalue weighted by Crippen LogP contribution is -2.48. The van der Waals surface area contributed by atoms with Gasteiger partial charge >= 0.3 is 0 Å². The van der Waals surface area contributed by atoms with Crippen LogP contribution in [0.1, 0.15) is 0 Å². The summed E-state index contributed by atoms with van der Waals surface area (Å²) in [5.41, 5.74) is 7.21. The van der Waals surface area contributed by atoms with E-state index in [2.05, 4.69) is 5.32 Å². The van der Waals surface area contributed by atoms with Gasteiger partial charge in [0.1, 0.15) is 0 Å². The van der Waals surface area contributed by atoms with E-state index in [1.165, 1.54) is 0 Å². The SMILES string of the molecule is Nc1cccc(Cl)c1N1CCNC(=O)C1. The van der Waals surface area contributed by atoms with Gasteiger partial charge in [0, 0.05) is 13.1 Å². The van der Waals surface area contributed by atoms with Gasteiger partial charge in [-0.25, -0.2) is 0 Å². The third-order valence-corrected chi connectivity index (χ3v) is 2.68. The normalized spacial score (nSPS) is 16.3. The van der Waals surface area contributed by atoms with Gasteiger partial charge in [-0.15, -0.1) is 0 Å². The van der Waals surface area contributed by atoms with Crippen LogP contribution in [0, 0.1) is 0 Å². The molecule has 1 saturated heterocycles. The van der Waals surface area contributed by atoms with E-state index < -0.39 is 0 Å². The fraction of sp³-hybridized carbons (Fsp3) is 0.300. The predicted molar refractivity (Wildman–Crippen MR) is 61.1 cm³/mol. The van der Waals surface area contributed by atoms with Crippen LogP contribution in [0.4, 0.5) is 11.4 Å². The Morgan fingerprint density at radius 2 is 2.27 bits per heavy atom. The van der Waals surface area contributed by atoms with E-state index in [-0.39, 0.29) is 5.91 Å². The number of amides is 1. The average molecular weight is 226 g/mol. The molecule has 1 heterocycles. The Morgan fingerprint density at radius 1 is 1.47 bits per heavy atom. The molecule has 0 radical (unpaired) electrons. The topological polar surface area (TPSA) is 58.4 Å². The summed E-state index contributed by atoms with van der Waals surface area (Å²) >= 11 is 6.06. The molecule has 0 spiro atoms. The van der Waals surface area contributed by atoms with Crippen molar-refractivity contribution in [2.24, 2.45) is 0 Å². The Kier molecular flexibility index (Phi) is 2.68. The standard InChI is InChI=1S/C10H12ClN3O/c11-7-2-1-3-8(12)10(7)14-5-4-13-9(15)6-14/h1-3H,4-6,12H2,(H,13,15). The molecule has 1 fully saturated rings. The molecule has 1 aromatic carbocycles. The van der Waals surface area contributed by atoms with E-state index in [4.69, 9.17) is 17.3 Å². The summed E-state index contributed by atoms with van der Waals surface area (Å²) in [7, 11) is 0. The number of hydrogen-bond donors (Lipinski definition) is 2. The van der Waals surface area contributed by atoms with Crippen LogP contribution in [0.3, 0.4) is 0 Å². The first-order valence-electron chi connectivity index (χ1n) is 4.74. The lowest BCUT2D eigenvalue weighted by Gasteiger charge is -2.30. The van der Waals surface area contributed by atoms with Crippen LogP contribution < -0.4 is 16.0 Å². The second-order valence-electron chi connectivity index (χ2n) is 3.45. The number of halogens is 1. The lowest BCUT2D eigenvalue weighted by atomic mass is 10.2. The molecule has 1 aliphatic heterocycles. The Labute approximate surface area is 93.0 Å². The second kappa shape index (κ2) is 3.98. The van der Waals surface area contributed by atoms with E-state index in [0.29, 0.717) is 23.8 Å². The molecule has 1 aliphatic rings. The van der Waals surface area contributed by atoms with E-state index in [9.17, 15) is 4.79 Å². The van der Waals surface area contributed by atoms with E-state index in [0.717, 1.165) is 12.2 Å². The highest BCUT2D eigenvalue weighted by molar-refractivity contribution is 6.34. The first kappa shape index (κ1) is 10.1. The summed E-state index contributed by atoms with van der Waals surface area (Å²) in [6, 6.07) is 5.36. The molecular weight excluding hydrogens is 214 g/mol. The number of nitrogens with one attached hydrogen (secondary N) is 1. The van der Waals surface area contributed by atoms with Gasteiger partial charge in [0.2, 0.25) is 5.91 Å². The highest BCUT2D eigenvalue weighted by Gasteiger charge is 2.20. The van der Waals surface area contributed by atoms with Crippen molar-refractivity contribution in [3.8, 4) is 0 Å². The van der Waals surface area contributed by atoms with Gasteiger partial charge in [-0.2, -0.15) is 0 Å². The van der Waals surface area contributed by atoms with Crippen LogP contribution >= 0.6 is 11.6 Å². The molecule has 0 aromatic heterocycles. The largest absolute Gasteiger partial charge is 0.397 e. The van der Waals surface area contributed by atoms with Crippen molar-refractivity contribution in [1.82, 2.24) is 5.32 Å². The minimum atomic E-state index is 0.000528. The maximum absolute atomic E-state index is 11.2. The predicted octanol–water partition coefficient (Wildman–Crippen LogP) is 0.858. The van der Waals surface area contributed by atoms with Gasteiger partial charge in [0.15, 0.2) is 0 Å². The molecular formula is C10H12ClN3O. The molecule has 3 N–H and O–H groups in total. The van der Waals surface area contributed by atoms with Crippen molar-refractivity contribution in [3.05, 3.63) is 23.2 Å². The van der Waals surface area contributed by atoms with E-state index in [1.807, 2.05) is 4.90 Å². The number of para-hydroxylation sites is 1. The van der Waals surface area contributed by atoms with Crippen LogP contribution in [0.25, 0.3) is 0 Å². The number of carbonyl (C=O) groups is 1. The van der Waals surface area contributed by atoms with Crippen LogP contribution in [-0.2, 0) is 4.79 Å². The van der Waals surface area contributed by atoms with Crippen molar-refractivity contribution in [2.45, 2.75) is 0 Å². The first-order valence-corrected chi connectivity index (χ1v) is 5.12. The van der Waals surface area contributed by atoms with Crippen LogP contribution in [0.2, 0.25) is 5.02 Å². The minimum absolute atomic E-state index is 0.000528. The maximum atomic E-state index is 11.2. The molecule has 2 rings (SSSR count). The van der Waals surface area contributed by atoms with Crippen LogP contribution in [0.15, 0.2) is 18.2 Å². The molecule has 1 aromatic rings. The third kappa shape index (κ3) is 1.99. The van der Waals surface area contributed by atoms with Gasteiger partial charge in [-0.05, 0) is 12.1 Å². The summed E-state index contributed by atoms with van der Waals surface area (Å²) in [6.45, 7) is 1.68. The average Bonchev–Trinajstić information content (AvgIpc) is 2.17. The van der Waals surface area contributed by atoms with Crippen molar-refractivity contribution < 1.29 is 4.79 Å². The summed E-state index contributed by atoms with van der Waals surface area (Å²) in [5.74, 6) is 0.000528. The minimum Gasteiger partial charge on any atom is -0.397 e. The number of rotatable bonds is 1. The number of piperazine rings is 1. The summed E-state index contributed by atoms with van der Waals surface area (Å²) < 4.78 is 0. The Balaban J connectivity index is 2.32. The highest BCUT2D eigenvalue weighted by Crippen LogP contribution is 2.31. The van der Waals surface area contributed by atoms with Crippen LogP contribution in [0.5, 0.6) is 0 Å². The fourth-order valence-corrected chi connectivity index (χ4v) is 2.00. The van der Waals surface area contributed by atoms with Crippen LogP contribution in [-0.4, -0.2) is 25.5 Å². The first-order chi connectivity index (χ1) is 7.18. The van der Waals surface area contributed by atoms with Crippen molar-refractivity contribution in [3.63, 3.8) is 0 Å². The van der Waals surface area contributed by atoms with Crippen molar-refractivity contribution in [2.75, 3.05) is 30.3 Å². The van der Waals surface area contributed by atoms with Gasteiger partial charge in [-0.3, -0.25) is 4.79 Å². The Morgan fingerprint density at radius 3 is 2.93 bits per heavy atom. The maximum Gasteiger partial charge on any atom is 0.239 e. The second-order valence-corrected chi connectivity index (χ2v) is 3.86. The summed E-state index contributed by atoms with van der Waals surface area (Å²) in [5, 5.41) is 3.34. The van der Waals surface area contributed by atoms with E-state index >= 15 is 0 Å². The summed E-state index contributed by atoms with van der Waals surface area (Å²) in [4.78, 5) is 13.1. The molecule has 0 saturated carbocycles. The molecule has 15 heavy (non-hydrogen) atoms. The lowest BCUT2D eigenvalue weighted by molar-refractivity contribution is -0.120. The number of benzene rings is 1. The zero-order valence-corrected chi connectivity index (χ0v) is 8.92. The zero-order chi connectivity index (χ0) is 10.8. The number of nitrogen functional groups attached to an aromatic ring is 1. The smallest absolute Gasteiger partial charge is 0.239 e. The molecule has 0 aliphatic carbocycles. The fourth-order valence-electron chi connectivity index (χ4n) is 1.70. The number of hydrogen-bond acceptors (Lipinski definition) is 3. The van der Waals surface area contributed by atoms with Gasteiger partial charge in [0.05, 0.1) is 22.9 Å². The molecule has 80 valence electrons. The highest BCUT2D eigenvalue weighted by atomic mass is 35.5. The monoisotopic (exact) mass is 225 g/mol. The Hall–Kier alpha value is -1.42. The quantitative estimate of drug-likeness (QED) is 0.697. The number of nitrogens with two attached hydrogens (primary N) is 1. The Bertz CT molecular complexity index is 374. The molecule has 0 atom stereocenters. The van der Waals surface area contributed by atoms with Crippen molar-refractivity contribution in [1.29, 1.82) is 0 Å². The molecule has 0 bridgehead atoms. The van der Waals surface area contributed by atoms with Gasteiger partial charge in [0.25, 0.3) is 0 Å². The summed E-state index contributed by atoms with van der Waals surface area (Å²) in [6.07, 6.45) is 0. The molecule has 5 heteroatoms. The number of carbonyl (C=O) groups excluding carboxylic acids is 1. The van der Waals surface area contributed by atoms with Crippen molar-refractivity contribution >= 4 is 28.9 Å². The third-order valence-electron chi connectivity index (χ3n) is 2.37. The molecule has 1 amide bonds. The number of anilines is 2. The molecule has 4 nitrogen and oxygen atoms in total. The van der Waals surface area contributed by atoms with Gasteiger partial charge in [-0.1, -0.05) is 17.7 Å². The van der Waals surface area contributed by atoms with E-state index in [1.54, 1.807) is 18.2 Å². The number of nitrogens with zero attached hydrogens (tertiary/aromatic N) is 1. The van der Waals surface area contributed by atoms with Gasteiger partial charge < -0.3 is 16.0 Å². The molecule has 0 unspecified atom stereocenters.